The van der Waals surface area contributed by atoms with Crippen molar-refractivity contribution >= 4 is 32.6 Å². The van der Waals surface area contributed by atoms with Gasteiger partial charge in [0.1, 0.15) is 5.82 Å². The van der Waals surface area contributed by atoms with Gasteiger partial charge in [-0.2, -0.15) is 0 Å². The zero-order valence-corrected chi connectivity index (χ0v) is 11.3. The lowest BCUT2D eigenvalue weighted by molar-refractivity contribution is -0.126. The van der Waals surface area contributed by atoms with E-state index < -0.39 is 0 Å². The molecule has 1 aliphatic heterocycles. The number of carbonyl (C=O) groups excluding carboxylic acids is 1. The number of likely N-dealkylation sites (tertiary alicyclic amines) is 1. The molecule has 2 aromatic rings. The molecule has 0 saturated carbocycles. The van der Waals surface area contributed by atoms with E-state index in [4.69, 9.17) is 0 Å². The van der Waals surface area contributed by atoms with Crippen LogP contribution in [0, 0.1) is 11.7 Å². The lowest BCUT2D eigenvalue weighted by atomic mass is 10.1. The molecule has 1 atom stereocenters. The van der Waals surface area contributed by atoms with Crippen LogP contribution in [0.4, 0.5) is 9.52 Å². The van der Waals surface area contributed by atoms with Crippen LogP contribution in [0.5, 0.6) is 0 Å². The van der Waals surface area contributed by atoms with E-state index in [9.17, 15) is 9.18 Å². The predicted molar refractivity (Wildman–Crippen MR) is 73.8 cm³/mol. The number of aromatic nitrogens is 1. The van der Waals surface area contributed by atoms with Gasteiger partial charge in [-0.3, -0.25) is 4.79 Å². The maximum absolute atomic E-state index is 13.5. The summed E-state index contributed by atoms with van der Waals surface area (Å²) in [6, 6.07) is 4.90. The Hall–Kier alpha value is -1.69. The zero-order chi connectivity index (χ0) is 13.4. The van der Waals surface area contributed by atoms with Gasteiger partial charge in [0, 0.05) is 32.5 Å². The van der Waals surface area contributed by atoms with Gasteiger partial charge in [0.05, 0.1) is 10.2 Å². The summed E-state index contributed by atoms with van der Waals surface area (Å²) in [7, 11) is 1.81. The maximum atomic E-state index is 13.5. The van der Waals surface area contributed by atoms with E-state index in [2.05, 4.69) is 10.3 Å². The lowest BCUT2D eigenvalue weighted by Crippen LogP contribution is -2.21. The van der Waals surface area contributed by atoms with Crippen LogP contribution >= 0.6 is 11.3 Å². The van der Waals surface area contributed by atoms with Crippen molar-refractivity contribution in [2.24, 2.45) is 5.92 Å². The molecule has 100 valence electrons. The fraction of sp³-hybridized carbons (Fsp3) is 0.385. The van der Waals surface area contributed by atoms with Crippen molar-refractivity contribution in [3.8, 4) is 0 Å². The molecule has 1 saturated heterocycles. The van der Waals surface area contributed by atoms with Crippen LogP contribution < -0.4 is 5.32 Å². The minimum absolute atomic E-state index is 0.183. The normalized spacial score (nSPS) is 19.4. The Morgan fingerprint density at radius 1 is 1.58 bits per heavy atom. The Bertz CT molecular complexity index is 627. The fourth-order valence-corrected chi connectivity index (χ4v) is 3.19. The molecular weight excluding hydrogens is 265 g/mol. The highest BCUT2D eigenvalue weighted by molar-refractivity contribution is 7.22. The third-order valence-electron chi connectivity index (χ3n) is 3.33. The summed E-state index contributed by atoms with van der Waals surface area (Å²) in [5, 5.41) is 3.92. The molecule has 1 unspecified atom stereocenters. The van der Waals surface area contributed by atoms with Gasteiger partial charge in [-0.25, -0.2) is 9.37 Å². The second-order valence-electron chi connectivity index (χ2n) is 4.83. The number of nitrogens with one attached hydrogen (secondary N) is 1. The van der Waals surface area contributed by atoms with Crippen LogP contribution in [0.25, 0.3) is 10.2 Å². The van der Waals surface area contributed by atoms with Crippen LogP contribution in [0.3, 0.4) is 0 Å². The van der Waals surface area contributed by atoms with Gasteiger partial charge in [0.2, 0.25) is 5.91 Å². The molecule has 0 aliphatic carbocycles. The van der Waals surface area contributed by atoms with E-state index >= 15 is 0 Å². The van der Waals surface area contributed by atoms with Crippen molar-refractivity contribution in [2.45, 2.75) is 6.42 Å². The van der Waals surface area contributed by atoms with E-state index in [1.54, 1.807) is 17.0 Å². The van der Waals surface area contributed by atoms with Gasteiger partial charge in [-0.15, -0.1) is 0 Å². The Balaban J connectivity index is 1.69. The van der Waals surface area contributed by atoms with Crippen LogP contribution in [0.15, 0.2) is 18.2 Å². The van der Waals surface area contributed by atoms with Crippen LogP contribution in [0.2, 0.25) is 0 Å². The standard InChI is InChI=1S/C13H14FN3OS/c1-17-7-8(5-11(17)18)6-15-13-16-10-4-2-3-9(14)12(10)19-13/h2-4,8H,5-7H2,1H3,(H,15,16). The number of hydrogen-bond donors (Lipinski definition) is 1. The highest BCUT2D eigenvalue weighted by atomic mass is 32.1. The summed E-state index contributed by atoms with van der Waals surface area (Å²) in [6.45, 7) is 1.46. The molecule has 1 fully saturated rings. The van der Waals surface area contributed by atoms with Crippen molar-refractivity contribution < 1.29 is 9.18 Å². The number of nitrogens with zero attached hydrogens (tertiary/aromatic N) is 2. The number of halogens is 1. The topological polar surface area (TPSA) is 45.2 Å². The van der Waals surface area contributed by atoms with E-state index in [1.807, 2.05) is 7.05 Å². The summed E-state index contributed by atoms with van der Waals surface area (Å²) in [5.41, 5.74) is 0.673. The first-order valence-corrected chi connectivity index (χ1v) is 6.98. The number of amides is 1. The average molecular weight is 279 g/mol. The minimum Gasteiger partial charge on any atom is -0.361 e. The molecule has 1 aromatic carbocycles. The van der Waals surface area contributed by atoms with Crippen LogP contribution in [-0.4, -0.2) is 35.9 Å². The number of anilines is 1. The number of rotatable bonds is 3. The summed E-state index contributed by atoms with van der Waals surface area (Å²) < 4.78 is 14.1. The second-order valence-corrected chi connectivity index (χ2v) is 5.83. The van der Waals surface area contributed by atoms with Gasteiger partial charge in [-0.1, -0.05) is 17.4 Å². The first-order chi connectivity index (χ1) is 9.13. The van der Waals surface area contributed by atoms with Crippen LogP contribution in [-0.2, 0) is 4.79 Å². The first-order valence-electron chi connectivity index (χ1n) is 6.16. The number of thiazole rings is 1. The Morgan fingerprint density at radius 2 is 2.42 bits per heavy atom. The van der Waals surface area contributed by atoms with E-state index in [0.29, 0.717) is 34.2 Å². The number of hydrogen-bond acceptors (Lipinski definition) is 4. The van der Waals surface area contributed by atoms with Gasteiger partial charge < -0.3 is 10.2 Å². The second kappa shape index (κ2) is 4.77. The molecule has 1 amide bonds. The summed E-state index contributed by atoms with van der Waals surface area (Å²) >= 11 is 1.31. The Morgan fingerprint density at radius 3 is 3.11 bits per heavy atom. The molecule has 0 bridgehead atoms. The highest BCUT2D eigenvalue weighted by Crippen LogP contribution is 2.28. The Labute approximate surface area is 114 Å². The third-order valence-corrected chi connectivity index (χ3v) is 4.37. The number of benzene rings is 1. The van der Waals surface area contributed by atoms with Gasteiger partial charge in [-0.05, 0) is 12.1 Å². The molecule has 0 radical (unpaired) electrons. The van der Waals surface area contributed by atoms with Crippen molar-refractivity contribution in [2.75, 3.05) is 25.5 Å². The molecule has 4 nitrogen and oxygen atoms in total. The van der Waals surface area contributed by atoms with Crippen molar-refractivity contribution in [1.82, 2.24) is 9.88 Å². The largest absolute Gasteiger partial charge is 0.361 e. The van der Waals surface area contributed by atoms with Crippen molar-refractivity contribution in [3.05, 3.63) is 24.0 Å². The first kappa shape index (κ1) is 12.3. The molecule has 19 heavy (non-hydrogen) atoms. The van der Waals surface area contributed by atoms with Crippen molar-refractivity contribution in [3.63, 3.8) is 0 Å². The fourth-order valence-electron chi connectivity index (χ4n) is 2.32. The number of fused-ring (bicyclic) bond motifs is 1. The van der Waals surface area contributed by atoms with E-state index in [1.165, 1.54) is 17.4 Å². The van der Waals surface area contributed by atoms with Crippen LogP contribution in [0.1, 0.15) is 6.42 Å². The molecule has 1 N–H and O–H groups in total. The predicted octanol–water partition coefficient (Wildman–Crippen LogP) is 2.33. The molecule has 0 spiro atoms. The van der Waals surface area contributed by atoms with Crippen molar-refractivity contribution in [1.29, 1.82) is 0 Å². The molecule has 6 heteroatoms. The van der Waals surface area contributed by atoms with E-state index in [-0.39, 0.29) is 11.7 Å². The molecule has 3 rings (SSSR count). The third kappa shape index (κ3) is 2.40. The summed E-state index contributed by atoms with van der Waals surface area (Å²) in [4.78, 5) is 17.5. The highest BCUT2D eigenvalue weighted by Gasteiger charge is 2.26. The average Bonchev–Trinajstić information content (AvgIpc) is 2.92. The molecule has 1 aliphatic rings. The zero-order valence-electron chi connectivity index (χ0n) is 10.5. The maximum Gasteiger partial charge on any atom is 0.222 e. The monoisotopic (exact) mass is 279 g/mol. The SMILES string of the molecule is CN1CC(CNc2nc3cccc(F)c3s2)CC1=O. The summed E-state index contributed by atoms with van der Waals surface area (Å²) in [6.07, 6.45) is 0.572. The smallest absolute Gasteiger partial charge is 0.222 e. The minimum atomic E-state index is -0.237. The van der Waals surface area contributed by atoms with Gasteiger partial charge in [0.25, 0.3) is 0 Å². The van der Waals surface area contributed by atoms with Gasteiger partial charge in [0.15, 0.2) is 5.13 Å². The molecule has 2 heterocycles. The Kier molecular flexibility index (Phi) is 3.10. The van der Waals surface area contributed by atoms with Gasteiger partial charge >= 0.3 is 0 Å². The number of carbonyl (C=O) groups is 1. The molecular formula is C13H14FN3OS. The molecule has 1 aromatic heterocycles. The van der Waals surface area contributed by atoms with E-state index in [0.717, 1.165) is 6.54 Å². The lowest BCUT2D eigenvalue weighted by Gasteiger charge is -2.10. The summed E-state index contributed by atoms with van der Waals surface area (Å²) in [5.74, 6) is 0.246. The quantitative estimate of drug-likeness (QED) is 0.938.